The zero-order valence-corrected chi connectivity index (χ0v) is 21.9. The van der Waals surface area contributed by atoms with E-state index in [0.717, 1.165) is 27.3 Å². The Labute approximate surface area is 209 Å². The topological polar surface area (TPSA) is 67.3 Å². The van der Waals surface area contributed by atoms with Crippen molar-refractivity contribution < 1.29 is 17.6 Å². The summed E-state index contributed by atoms with van der Waals surface area (Å²) >= 11 is 10.4. The quantitative estimate of drug-likeness (QED) is 0.402. The molecule has 0 spiro atoms. The van der Waals surface area contributed by atoms with Crippen LogP contribution in [0, 0.1) is 6.92 Å². The summed E-state index contributed by atoms with van der Waals surface area (Å²) in [6.07, 6.45) is 1.53. The molecule has 0 saturated carbocycles. The van der Waals surface area contributed by atoms with Gasteiger partial charge in [-0.3, -0.25) is 4.79 Å². The highest BCUT2D eigenvalue weighted by molar-refractivity contribution is 9.10. The van der Waals surface area contributed by atoms with E-state index in [0.29, 0.717) is 9.50 Å². The number of hydrogen-bond donors (Lipinski definition) is 0. The number of halogens is 3. The number of aromatic nitrogens is 1. The van der Waals surface area contributed by atoms with Gasteiger partial charge in [-0.1, -0.05) is 42.8 Å². The molecule has 2 aromatic carbocycles. The van der Waals surface area contributed by atoms with Crippen molar-refractivity contribution in [2.45, 2.75) is 24.8 Å². The maximum atomic E-state index is 16.2. The molecule has 10 heteroatoms. The normalized spacial score (nSPS) is 21.1. The number of nitrogens with zero attached hydrogens (tertiary/aromatic N) is 2. The van der Waals surface area contributed by atoms with Gasteiger partial charge in [-0.15, -0.1) is 11.3 Å². The van der Waals surface area contributed by atoms with Crippen molar-refractivity contribution in [3.05, 3.63) is 84.7 Å². The number of carbonyl (C=O) groups excluding carboxylic acids is 1. The van der Waals surface area contributed by atoms with Gasteiger partial charge in [-0.2, -0.15) is 0 Å². The van der Waals surface area contributed by atoms with Crippen molar-refractivity contribution in [2.75, 3.05) is 18.8 Å². The zero-order valence-electron chi connectivity index (χ0n) is 17.9. The Bertz CT molecular complexity index is 1330. The lowest BCUT2D eigenvalue weighted by molar-refractivity contribution is 0.0666. The average molecular weight is 572 g/mol. The van der Waals surface area contributed by atoms with Crippen LogP contribution in [0.2, 0.25) is 5.02 Å². The number of thiazole rings is 1. The van der Waals surface area contributed by atoms with Crippen molar-refractivity contribution >= 4 is 54.6 Å². The van der Waals surface area contributed by atoms with Gasteiger partial charge in [0, 0.05) is 33.6 Å². The van der Waals surface area contributed by atoms with E-state index in [-0.39, 0.29) is 23.0 Å². The van der Waals surface area contributed by atoms with Crippen molar-refractivity contribution in [3.8, 4) is 0 Å². The number of amides is 1. The summed E-state index contributed by atoms with van der Waals surface area (Å²) in [6.45, 7) is 3.26. The third-order valence-electron chi connectivity index (χ3n) is 5.90. The highest BCUT2D eigenvalue weighted by atomic mass is 79.9. The minimum absolute atomic E-state index is 0.0741. The van der Waals surface area contributed by atoms with Crippen molar-refractivity contribution in [1.29, 1.82) is 0 Å². The number of alkyl halides is 1. The van der Waals surface area contributed by atoms with Crippen LogP contribution in [-0.4, -0.2) is 43.1 Å². The predicted molar refractivity (Wildman–Crippen MR) is 132 cm³/mol. The molecular weight excluding hydrogens is 551 g/mol. The molecule has 2 atom stereocenters. The number of hydrogen-bond acceptors (Lipinski definition) is 5. The van der Waals surface area contributed by atoms with Crippen LogP contribution in [0.15, 0.2) is 53.1 Å². The largest absolute Gasteiger partial charge is 0.333 e. The molecule has 0 radical (unpaired) electrons. The number of rotatable bonds is 4. The Hall–Kier alpha value is -1.81. The van der Waals surface area contributed by atoms with Crippen LogP contribution in [0.3, 0.4) is 0 Å². The second-order valence-electron chi connectivity index (χ2n) is 8.05. The van der Waals surface area contributed by atoms with E-state index in [1.165, 1.54) is 17.2 Å². The van der Waals surface area contributed by atoms with Gasteiger partial charge in [0.1, 0.15) is 5.01 Å². The molecule has 2 heterocycles. The third-order valence-corrected chi connectivity index (χ3v) is 10.6. The molecule has 1 amide bonds. The summed E-state index contributed by atoms with van der Waals surface area (Å²) in [5.41, 5.74) is 2.42. The van der Waals surface area contributed by atoms with E-state index < -0.39 is 33.0 Å². The van der Waals surface area contributed by atoms with Gasteiger partial charge in [-0.05, 0) is 52.2 Å². The van der Waals surface area contributed by atoms with Crippen LogP contribution >= 0.6 is 38.9 Å². The molecule has 0 bridgehead atoms. The highest BCUT2D eigenvalue weighted by Gasteiger charge is 2.53. The molecule has 1 aliphatic rings. The molecule has 33 heavy (non-hydrogen) atoms. The Morgan fingerprint density at radius 3 is 2.73 bits per heavy atom. The van der Waals surface area contributed by atoms with Gasteiger partial charge in [0.15, 0.2) is 9.84 Å². The molecule has 1 saturated heterocycles. The Kier molecular flexibility index (Phi) is 6.70. The van der Waals surface area contributed by atoms with Crippen molar-refractivity contribution in [3.63, 3.8) is 0 Å². The average Bonchev–Trinajstić information content (AvgIpc) is 3.28. The summed E-state index contributed by atoms with van der Waals surface area (Å²) in [7, 11) is -4.17. The molecule has 2 unspecified atom stereocenters. The lowest BCUT2D eigenvalue weighted by Gasteiger charge is -2.35. The van der Waals surface area contributed by atoms with E-state index in [4.69, 9.17) is 11.6 Å². The SMILES string of the molecule is Cc1ccccc1C(C)c1cnc(C2(F)CN(C(=O)c3ccc(Br)c(Cl)c3)CCS2(=O)=O)s1. The molecule has 5 nitrogen and oxygen atoms in total. The Morgan fingerprint density at radius 2 is 2.03 bits per heavy atom. The molecule has 1 aliphatic heterocycles. The van der Waals surface area contributed by atoms with Gasteiger partial charge in [-0.25, -0.2) is 17.8 Å². The summed E-state index contributed by atoms with van der Waals surface area (Å²) in [5, 5.41) is -2.58. The minimum Gasteiger partial charge on any atom is -0.333 e. The molecule has 174 valence electrons. The van der Waals surface area contributed by atoms with Gasteiger partial charge in [0.2, 0.25) is 0 Å². The van der Waals surface area contributed by atoms with Gasteiger partial charge in [0.25, 0.3) is 10.9 Å². The second-order valence-corrected chi connectivity index (χ2v) is 12.7. The van der Waals surface area contributed by atoms with Gasteiger partial charge >= 0.3 is 0 Å². The first-order chi connectivity index (χ1) is 15.5. The minimum atomic E-state index is -4.17. The predicted octanol–water partition coefficient (Wildman–Crippen LogP) is 5.71. The summed E-state index contributed by atoms with van der Waals surface area (Å²) in [6, 6.07) is 12.5. The molecule has 1 aromatic heterocycles. The zero-order chi connectivity index (χ0) is 24.0. The first-order valence-electron chi connectivity index (χ1n) is 10.2. The molecule has 1 fully saturated rings. The summed E-state index contributed by atoms with van der Waals surface area (Å²) in [5.74, 6) is -1.04. The molecular formula is C23H21BrClFN2O3S2. The summed E-state index contributed by atoms with van der Waals surface area (Å²) in [4.78, 5) is 19.2. The number of benzene rings is 2. The van der Waals surface area contributed by atoms with Crippen LogP contribution in [0.4, 0.5) is 4.39 Å². The van der Waals surface area contributed by atoms with Crippen molar-refractivity contribution in [1.82, 2.24) is 9.88 Å². The van der Waals surface area contributed by atoms with Crippen LogP contribution in [-0.2, 0) is 14.8 Å². The Morgan fingerprint density at radius 1 is 1.30 bits per heavy atom. The number of aryl methyl sites for hydroxylation is 1. The maximum absolute atomic E-state index is 16.2. The van der Waals surface area contributed by atoms with Crippen LogP contribution in [0.5, 0.6) is 0 Å². The molecule has 0 N–H and O–H groups in total. The first kappa shape index (κ1) is 24.3. The molecule has 3 aromatic rings. The third kappa shape index (κ3) is 4.48. The van der Waals surface area contributed by atoms with Crippen LogP contribution in [0.1, 0.15) is 44.2 Å². The Balaban J connectivity index is 1.65. The van der Waals surface area contributed by atoms with Gasteiger partial charge in [0.05, 0.1) is 17.3 Å². The monoisotopic (exact) mass is 570 g/mol. The standard InChI is InChI=1S/C23H21BrClFN2O3S2/c1-14-5-3-4-6-17(14)15(2)20-12-27-22(32-20)23(26)13-28(9-10-33(23,30)31)21(29)16-7-8-18(24)19(25)11-16/h3-8,11-12,15H,9-10,13H2,1-2H3. The second kappa shape index (κ2) is 9.09. The fourth-order valence-corrected chi connectivity index (χ4v) is 7.23. The first-order valence-corrected chi connectivity index (χ1v) is 13.8. The fraction of sp³-hybridized carbons (Fsp3) is 0.304. The lowest BCUT2D eigenvalue weighted by Crippen LogP contribution is -2.53. The van der Waals surface area contributed by atoms with Gasteiger partial charge < -0.3 is 4.90 Å². The van der Waals surface area contributed by atoms with Crippen LogP contribution < -0.4 is 0 Å². The number of carbonyl (C=O) groups is 1. The summed E-state index contributed by atoms with van der Waals surface area (Å²) < 4.78 is 42.5. The van der Waals surface area contributed by atoms with E-state index >= 15 is 4.39 Å². The fourth-order valence-electron chi connectivity index (χ4n) is 3.89. The van der Waals surface area contributed by atoms with Crippen molar-refractivity contribution in [2.24, 2.45) is 0 Å². The van der Waals surface area contributed by atoms with Crippen LogP contribution in [0.25, 0.3) is 0 Å². The molecule has 4 rings (SSSR count). The highest BCUT2D eigenvalue weighted by Crippen LogP contribution is 2.41. The number of sulfone groups is 1. The smallest absolute Gasteiger partial charge is 0.278 e. The van der Waals surface area contributed by atoms with E-state index in [1.54, 1.807) is 12.1 Å². The van der Waals surface area contributed by atoms with E-state index in [9.17, 15) is 13.2 Å². The van der Waals surface area contributed by atoms with E-state index in [1.807, 2.05) is 38.1 Å². The lowest BCUT2D eigenvalue weighted by atomic mass is 9.96. The molecule has 0 aliphatic carbocycles. The maximum Gasteiger partial charge on any atom is 0.278 e. The van der Waals surface area contributed by atoms with E-state index in [2.05, 4.69) is 20.9 Å².